The Kier molecular flexibility index (Phi) is 5.50. The van der Waals surface area contributed by atoms with Crippen molar-refractivity contribution in [2.75, 3.05) is 19.7 Å². The Labute approximate surface area is 135 Å². The SMILES string of the molecule is CCNCCOc1c(I)cc(Cl)c2ccc(Cl)nc12. The fourth-order valence-electron chi connectivity index (χ4n) is 1.71. The standard InChI is InChI=1S/C13H13Cl2IN2O/c1-2-17-5-6-19-13-10(16)7-9(14)8-3-4-11(15)18-12(8)13/h3-4,7,17H,2,5-6H2,1H3. The van der Waals surface area contributed by atoms with Gasteiger partial charge in [0.15, 0.2) is 5.75 Å². The summed E-state index contributed by atoms with van der Waals surface area (Å²) in [5.41, 5.74) is 0.709. The molecule has 1 aromatic carbocycles. The molecule has 0 aliphatic rings. The number of pyridine rings is 1. The van der Waals surface area contributed by atoms with Gasteiger partial charge in [0.1, 0.15) is 17.3 Å². The first-order valence-electron chi connectivity index (χ1n) is 5.91. The van der Waals surface area contributed by atoms with Crippen LogP contribution in [0.5, 0.6) is 5.75 Å². The fraction of sp³-hybridized carbons (Fsp3) is 0.308. The number of ether oxygens (including phenoxy) is 1. The van der Waals surface area contributed by atoms with Gasteiger partial charge in [0.25, 0.3) is 0 Å². The van der Waals surface area contributed by atoms with Gasteiger partial charge in [0.05, 0.1) is 8.59 Å². The second kappa shape index (κ2) is 6.92. The molecule has 1 N–H and O–H groups in total. The zero-order valence-corrected chi connectivity index (χ0v) is 14.0. The van der Waals surface area contributed by atoms with Gasteiger partial charge in [-0.3, -0.25) is 0 Å². The molecule has 6 heteroatoms. The van der Waals surface area contributed by atoms with Crippen molar-refractivity contribution in [3.63, 3.8) is 0 Å². The lowest BCUT2D eigenvalue weighted by molar-refractivity contribution is 0.316. The highest BCUT2D eigenvalue weighted by Gasteiger charge is 2.12. The maximum Gasteiger partial charge on any atom is 0.159 e. The summed E-state index contributed by atoms with van der Waals surface area (Å²) in [7, 11) is 0. The number of nitrogens with one attached hydrogen (secondary N) is 1. The van der Waals surface area contributed by atoms with Gasteiger partial charge < -0.3 is 10.1 Å². The lowest BCUT2D eigenvalue weighted by atomic mass is 10.2. The Morgan fingerprint density at radius 3 is 2.89 bits per heavy atom. The number of aromatic nitrogens is 1. The number of nitrogens with zero attached hydrogens (tertiary/aromatic N) is 1. The second-order valence-corrected chi connectivity index (χ2v) is 5.86. The van der Waals surface area contributed by atoms with Crippen LogP contribution in [-0.2, 0) is 0 Å². The Balaban J connectivity index is 2.38. The van der Waals surface area contributed by atoms with E-state index >= 15 is 0 Å². The van der Waals surface area contributed by atoms with Gasteiger partial charge >= 0.3 is 0 Å². The van der Waals surface area contributed by atoms with Crippen molar-refractivity contribution in [1.82, 2.24) is 10.3 Å². The third kappa shape index (κ3) is 3.62. The van der Waals surface area contributed by atoms with Crippen LogP contribution in [-0.4, -0.2) is 24.7 Å². The van der Waals surface area contributed by atoms with Crippen LogP contribution < -0.4 is 10.1 Å². The zero-order chi connectivity index (χ0) is 13.8. The van der Waals surface area contributed by atoms with Crippen LogP contribution in [0.1, 0.15) is 6.92 Å². The summed E-state index contributed by atoms with van der Waals surface area (Å²) in [6.07, 6.45) is 0. The first kappa shape index (κ1) is 15.1. The molecule has 1 aromatic heterocycles. The molecule has 102 valence electrons. The molecular formula is C13H13Cl2IN2O. The summed E-state index contributed by atoms with van der Waals surface area (Å²) < 4.78 is 6.74. The maximum absolute atomic E-state index is 6.21. The normalized spacial score (nSPS) is 10.9. The molecule has 0 aliphatic heterocycles. The second-order valence-electron chi connectivity index (χ2n) is 3.90. The van der Waals surface area contributed by atoms with Gasteiger partial charge in [0.2, 0.25) is 0 Å². The van der Waals surface area contributed by atoms with Crippen molar-refractivity contribution in [3.8, 4) is 5.75 Å². The summed E-state index contributed by atoms with van der Waals surface area (Å²) in [5.74, 6) is 0.736. The van der Waals surface area contributed by atoms with E-state index in [1.54, 1.807) is 6.07 Å². The molecule has 0 unspecified atom stereocenters. The van der Waals surface area contributed by atoms with Crippen molar-refractivity contribution in [3.05, 3.63) is 31.9 Å². The molecule has 0 atom stereocenters. The van der Waals surface area contributed by atoms with Crippen LogP contribution in [0.4, 0.5) is 0 Å². The van der Waals surface area contributed by atoms with Gasteiger partial charge in [-0.05, 0) is 47.3 Å². The summed E-state index contributed by atoms with van der Waals surface area (Å²) >= 11 is 14.4. The monoisotopic (exact) mass is 410 g/mol. The van der Waals surface area contributed by atoms with Crippen LogP contribution in [0.3, 0.4) is 0 Å². The smallest absolute Gasteiger partial charge is 0.159 e. The van der Waals surface area contributed by atoms with E-state index in [0.717, 1.165) is 27.8 Å². The summed E-state index contributed by atoms with van der Waals surface area (Å²) in [5, 5.41) is 5.15. The number of hydrogen-bond acceptors (Lipinski definition) is 3. The molecule has 1 heterocycles. The predicted molar refractivity (Wildman–Crippen MR) is 88.5 cm³/mol. The molecule has 0 spiro atoms. The third-order valence-electron chi connectivity index (χ3n) is 2.58. The van der Waals surface area contributed by atoms with Crippen molar-refractivity contribution in [2.24, 2.45) is 0 Å². The molecule has 0 saturated carbocycles. The summed E-state index contributed by atoms with van der Waals surface area (Å²) in [6, 6.07) is 5.47. The number of likely N-dealkylation sites (N-methyl/N-ethyl adjacent to an activating group) is 1. The van der Waals surface area contributed by atoms with E-state index in [1.807, 2.05) is 12.1 Å². The number of halogens is 3. The van der Waals surface area contributed by atoms with E-state index in [9.17, 15) is 0 Å². The summed E-state index contributed by atoms with van der Waals surface area (Å²) in [6.45, 7) is 4.35. The lowest BCUT2D eigenvalue weighted by Crippen LogP contribution is -2.20. The molecular weight excluding hydrogens is 398 g/mol. The molecule has 0 aliphatic carbocycles. The van der Waals surface area contributed by atoms with Crippen LogP contribution >= 0.6 is 45.8 Å². The van der Waals surface area contributed by atoms with Gasteiger partial charge in [-0.2, -0.15) is 0 Å². The topological polar surface area (TPSA) is 34.1 Å². The highest BCUT2D eigenvalue weighted by atomic mass is 127. The Morgan fingerprint density at radius 1 is 1.37 bits per heavy atom. The number of benzene rings is 1. The van der Waals surface area contributed by atoms with E-state index in [0.29, 0.717) is 22.3 Å². The van der Waals surface area contributed by atoms with E-state index in [-0.39, 0.29) is 0 Å². The fourth-order valence-corrected chi connectivity index (χ4v) is 3.02. The molecule has 0 bridgehead atoms. The van der Waals surface area contributed by atoms with E-state index in [2.05, 4.69) is 39.8 Å². The van der Waals surface area contributed by atoms with Crippen molar-refractivity contribution in [2.45, 2.75) is 6.92 Å². The Morgan fingerprint density at radius 2 is 2.16 bits per heavy atom. The number of hydrogen-bond donors (Lipinski definition) is 1. The van der Waals surface area contributed by atoms with Crippen LogP contribution in [0.15, 0.2) is 18.2 Å². The largest absolute Gasteiger partial charge is 0.489 e. The quantitative estimate of drug-likeness (QED) is 0.457. The first-order valence-corrected chi connectivity index (χ1v) is 7.74. The summed E-state index contributed by atoms with van der Waals surface area (Å²) in [4.78, 5) is 4.33. The minimum atomic E-state index is 0.432. The number of fused-ring (bicyclic) bond motifs is 1. The zero-order valence-electron chi connectivity index (χ0n) is 10.3. The minimum absolute atomic E-state index is 0.432. The Bertz CT molecular complexity index is 592. The molecule has 0 fully saturated rings. The molecule has 2 rings (SSSR count). The van der Waals surface area contributed by atoms with Crippen LogP contribution in [0.2, 0.25) is 10.2 Å². The van der Waals surface area contributed by atoms with E-state index in [4.69, 9.17) is 27.9 Å². The number of rotatable bonds is 5. The van der Waals surface area contributed by atoms with Gasteiger partial charge in [-0.15, -0.1) is 0 Å². The van der Waals surface area contributed by atoms with E-state index < -0.39 is 0 Å². The third-order valence-corrected chi connectivity index (χ3v) is 3.90. The molecule has 0 amide bonds. The molecule has 19 heavy (non-hydrogen) atoms. The predicted octanol–water partition coefficient (Wildman–Crippen LogP) is 4.13. The first-order chi connectivity index (χ1) is 9.13. The molecule has 0 saturated heterocycles. The van der Waals surface area contributed by atoms with Gasteiger partial charge in [-0.1, -0.05) is 30.1 Å². The lowest BCUT2D eigenvalue weighted by Gasteiger charge is -2.12. The van der Waals surface area contributed by atoms with Crippen molar-refractivity contribution < 1.29 is 4.74 Å². The van der Waals surface area contributed by atoms with E-state index in [1.165, 1.54) is 0 Å². The van der Waals surface area contributed by atoms with Gasteiger partial charge in [0, 0.05) is 11.9 Å². The highest BCUT2D eigenvalue weighted by molar-refractivity contribution is 14.1. The van der Waals surface area contributed by atoms with Gasteiger partial charge in [-0.25, -0.2) is 4.98 Å². The average molecular weight is 411 g/mol. The molecule has 0 radical (unpaired) electrons. The Hall–Kier alpha value is -0.300. The van der Waals surface area contributed by atoms with Crippen LogP contribution in [0, 0.1) is 3.57 Å². The average Bonchev–Trinajstić information content (AvgIpc) is 2.37. The highest BCUT2D eigenvalue weighted by Crippen LogP contribution is 2.35. The maximum atomic E-state index is 6.21. The molecule has 2 aromatic rings. The molecule has 3 nitrogen and oxygen atoms in total. The van der Waals surface area contributed by atoms with Crippen molar-refractivity contribution >= 4 is 56.7 Å². The van der Waals surface area contributed by atoms with Crippen molar-refractivity contribution in [1.29, 1.82) is 0 Å². The minimum Gasteiger partial charge on any atom is -0.489 e. The van der Waals surface area contributed by atoms with Crippen LogP contribution in [0.25, 0.3) is 10.9 Å².